The van der Waals surface area contributed by atoms with Gasteiger partial charge in [0.1, 0.15) is 5.82 Å². The van der Waals surface area contributed by atoms with E-state index in [1.807, 2.05) is 0 Å². The standard InChI is InChI=1S/C16H11ClFNO3S.Na/c17-13-7-6-12(23-13)15-11(5-8-14(20)21)19-16(22-15)9-1-3-10(18)4-2-9;/h1-4,6-7H,5,8H2,(H,20,21);/q;+1/p-1. The number of carboxylic acids is 1. The summed E-state index contributed by atoms with van der Waals surface area (Å²) in [7, 11) is 0. The predicted octanol–water partition coefficient (Wildman–Crippen LogP) is 0.549. The fourth-order valence-corrected chi connectivity index (χ4v) is 3.13. The minimum atomic E-state index is -1.16. The molecule has 0 amide bonds. The third kappa shape index (κ3) is 4.46. The van der Waals surface area contributed by atoms with Crippen molar-refractivity contribution in [2.24, 2.45) is 0 Å². The van der Waals surface area contributed by atoms with Crippen LogP contribution in [0, 0.1) is 5.82 Å². The summed E-state index contributed by atoms with van der Waals surface area (Å²) in [4.78, 5) is 15.8. The number of carbonyl (C=O) groups is 1. The van der Waals surface area contributed by atoms with Gasteiger partial charge in [0.2, 0.25) is 5.89 Å². The molecule has 2 aromatic heterocycles. The van der Waals surface area contributed by atoms with Crippen LogP contribution in [-0.2, 0) is 11.2 Å². The molecule has 0 saturated heterocycles. The molecule has 0 aliphatic carbocycles. The van der Waals surface area contributed by atoms with Crippen molar-refractivity contribution in [1.29, 1.82) is 0 Å². The Balaban J connectivity index is 0.00000208. The van der Waals surface area contributed by atoms with Gasteiger partial charge in [-0.3, -0.25) is 0 Å². The van der Waals surface area contributed by atoms with Crippen LogP contribution in [0.4, 0.5) is 4.39 Å². The van der Waals surface area contributed by atoms with Crippen molar-refractivity contribution < 1.29 is 48.3 Å². The van der Waals surface area contributed by atoms with Crippen molar-refractivity contribution in [1.82, 2.24) is 4.98 Å². The van der Waals surface area contributed by atoms with Crippen LogP contribution in [0.2, 0.25) is 4.34 Å². The average molecular weight is 374 g/mol. The Morgan fingerprint density at radius 1 is 1.25 bits per heavy atom. The fourth-order valence-electron chi connectivity index (χ4n) is 2.09. The first-order chi connectivity index (χ1) is 11.0. The van der Waals surface area contributed by atoms with E-state index in [0.29, 0.717) is 27.2 Å². The van der Waals surface area contributed by atoms with Gasteiger partial charge in [0.15, 0.2) is 5.76 Å². The van der Waals surface area contributed by atoms with Crippen LogP contribution >= 0.6 is 22.9 Å². The summed E-state index contributed by atoms with van der Waals surface area (Å²) in [5.41, 5.74) is 1.11. The van der Waals surface area contributed by atoms with E-state index in [4.69, 9.17) is 16.0 Å². The quantitative estimate of drug-likeness (QED) is 0.613. The van der Waals surface area contributed by atoms with Gasteiger partial charge in [0.25, 0.3) is 0 Å². The number of oxazole rings is 1. The van der Waals surface area contributed by atoms with Gasteiger partial charge < -0.3 is 14.3 Å². The Morgan fingerprint density at radius 2 is 1.96 bits per heavy atom. The van der Waals surface area contributed by atoms with Gasteiger partial charge in [-0.05, 0) is 49.2 Å². The molecule has 1 aromatic carbocycles. The van der Waals surface area contributed by atoms with Gasteiger partial charge in [-0.1, -0.05) is 11.6 Å². The summed E-state index contributed by atoms with van der Waals surface area (Å²) in [6, 6.07) is 9.22. The number of aromatic nitrogens is 1. The predicted molar refractivity (Wildman–Crippen MR) is 83.5 cm³/mol. The first kappa shape index (κ1) is 19.1. The number of carboxylic acid groups (broad SMARTS) is 1. The van der Waals surface area contributed by atoms with Gasteiger partial charge in [-0.25, -0.2) is 9.37 Å². The Morgan fingerprint density at radius 3 is 2.54 bits per heavy atom. The summed E-state index contributed by atoms with van der Waals surface area (Å²) in [6.45, 7) is 0. The number of nitrogens with zero attached hydrogens (tertiary/aromatic N) is 1. The SMILES string of the molecule is O=C([O-])CCc1nc(-c2ccc(F)cc2)oc1-c1ccc(Cl)s1.[Na+]. The Kier molecular flexibility index (Phi) is 6.60. The van der Waals surface area contributed by atoms with Crippen molar-refractivity contribution in [3.8, 4) is 22.1 Å². The zero-order valence-corrected chi connectivity index (χ0v) is 16.3. The van der Waals surface area contributed by atoms with Crippen molar-refractivity contribution >= 4 is 28.9 Å². The van der Waals surface area contributed by atoms with Crippen molar-refractivity contribution in [2.75, 3.05) is 0 Å². The maximum atomic E-state index is 13.0. The van der Waals surface area contributed by atoms with E-state index in [0.717, 1.165) is 4.88 Å². The molecule has 4 nitrogen and oxygen atoms in total. The molecule has 0 aliphatic rings. The number of hydrogen-bond donors (Lipinski definition) is 0. The van der Waals surface area contributed by atoms with E-state index in [2.05, 4.69) is 4.98 Å². The van der Waals surface area contributed by atoms with Crippen molar-refractivity contribution in [3.63, 3.8) is 0 Å². The third-order valence-electron chi connectivity index (χ3n) is 3.15. The molecule has 0 unspecified atom stereocenters. The number of aliphatic carboxylic acids is 1. The maximum Gasteiger partial charge on any atom is 1.00 e. The fraction of sp³-hybridized carbons (Fsp3) is 0.125. The maximum absolute atomic E-state index is 13.0. The molecule has 2 heterocycles. The van der Waals surface area contributed by atoms with Gasteiger partial charge in [0, 0.05) is 11.5 Å². The molecule has 0 fully saturated rings. The molecule has 0 N–H and O–H groups in total. The van der Waals surface area contributed by atoms with Crippen molar-refractivity contribution in [3.05, 3.63) is 52.2 Å². The molecular weight excluding hydrogens is 364 g/mol. The van der Waals surface area contributed by atoms with Crippen LogP contribution in [0.3, 0.4) is 0 Å². The first-order valence-electron chi connectivity index (χ1n) is 6.74. The molecule has 3 aromatic rings. The van der Waals surface area contributed by atoms with Crippen LogP contribution in [-0.4, -0.2) is 11.0 Å². The topological polar surface area (TPSA) is 66.2 Å². The number of carbonyl (C=O) groups excluding carboxylic acids is 1. The van der Waals surface area contributed by atoms with Crippen molar-refractivity contribution in [2.45, 2.75) is 12.8 Å². The van der Waals surface area contributed by atoms with Gasteiger partial charge in [0.05, 0.1) is 14.9 Å². The summed E-state index contributed by atoms with van der Waals surface area (Å²) in [5.74, 6) is -0.741. The van der Waals surface area contributed by atoms with Crippen LogP contribution in [0.15, 0.2) is 40.8 Å². The first-order valence-corrected chi connectivity index (χ1v) is 7.93. The Labute approximate surface area is 168 Å². The number of hydrogen-bond acceptors (Lipinski definition) is 5. The molecule has 0 spiro atoms. The molecule has 0 atom stereocenters. The largest absolute Gasteiger partial charge is 1.00 e. The molecular formula is C16H10ClFNNaO3S. The number of halogens is 2. The molecule has 3 rings (SSSR count). The van der Waals surface area contributed by atoms with Crippen LogP contribution in [0.1, 0.15) is 12.1 Å². The normalized spacial score (nSPS) is 10.4. The zero-order valence-electron chi connectivity index (χ0n) is 12.7. The number of thiophene rings is 1. The van der Waals surface area contributed by atoms with Gasteiger partial charge >= 0.3 is 29.6 Å². The van der Waals surface area contributed by atoms with E-state index in [-0.39, 0.29) is 48.2 Å². The zero-order chi connectivity index (χ0) is 16.4. The summed E-state index contributed by atoms with van der Waals surface area (Å²) in [5, 5.41) is 10.7. The minimum absolute atomic E-state index is 0. The second-order valence-corrected chi connectivity index (χ2v) is 6.49. The number of aryl methyl sites for hydroxylation is 1. The number of benzene rings is 1. The molecule has 118 valence electrons. The van der Waals surface area contributed by atoms with Gasteiger partial charge in [-0.15, -0.1) is 11.3 Å². The molecule has 0 aliphatic heterocycles. The van der Waals surface area contributed by atoms with Crippen LogP contribution < -0.4 is 34.7 Å². The molecule has 8 heteroatoms. The van der Waals surface area contributed by atoms with Crippen LogP contribution in [0.25, 0.3) is 22.1 Å². The second-order valence-electron chi connectivity index (χ2n) is 4.78. The molecule has 24 heavy (non-hydrogen) atoms. The van der Waals surface area contributed by atoms with E-state index < -0.39 is 5.97 Å². The molecule has 0 bridgehead atoms. The number of rotatable bonds is 5. The third-order valence-corrected chi connectivity index (χ3v) is 4.38. The summed E-state index contributed by atoms with van der Waals surface area (Å²) >= 11 is 7.25. The van der Waals surface area contributed by atoms with E-state index in [1.54, 1.807) is 24.3 Å². The van der Waals surface area contributed by atoms with Crippen LogP contribution in [0.5, 0.6) is 0 Å². The molecule has 0 saturated carbocycles. The van der Waals surface area contributed by atoms with E-state index in [1.165, 1.54) is 23.5 Å². The monoisotopic (exact) mass is 373 g/mol. The Hall–Kier alpha value is -1.18. The average Bonchev–Trinajstić information content (AvgIpc) is 3.12. The Bertz CT molecular complexity index is 847. The summed E-state index contributed by atoms with van der Waals surface area (Å²) in [6.07, 6.45) is 0.0133. The smallest absolute Gasteiger partial charge is 0.550 e. The second kappa shape index (κ2) is 8.27. The summed E-state index contributed by atoms with van der Waals surface area (Å²) < 4.78 is 19.4. The van der Waals surface area contributed by atoms with E-state index >= 15 is 0 Å². The minimum Gasteiger partial charge on any atom is -0.550 e. The van der Waals surface area contributed by atoms with E-state index in [9.17, 15) is 14.3 Å². The molecule has 0 radical (unpaired) electrons. The van der Waals surface area contributed by atoms with Gasteiger partial charge in [-0.2, -0.15) is 0 Å².